The van der Waals surface area contributed by atoms with Crippen molar-refractivity contribution in [3.05, 3.63) is 106 Å². The highest BCUT2D eigenvalue weighted by Gasteiger charge is 2.17. The second kappa shape index (κ2) is 10.9. The molecule has 0 fully saturated rings. The van der Waals surface area contributed by atoms with Crippen LogP contribution in [-0.4, -0.2) is 18.8 Å². The average molecular weight is 500 g/mol. The van der Waals surface area contributed by atoms with Crippen LogP contribution in [0.3, 0.4) is 0 Å². The van der Waals surface area contributed by atoms with Crippen molar-refractivity contribution in [2.75, 3.05) is 14.2 Å². The number of benzene rings is 3. The second-order valence-corrected chi connectivity index (χ2v) is 9.17. The average Bonchev–Trinajstić information content (AvgIpc) is 3.43. The molecule has 0 amide bonds. The number of pyridine rings is 1. The molecule has 0 unspecified atom stereocenters. The third-order valence-electron chi connectivity index (χ3n) is 6.46. The fourth-order valence-corrected chi connectivity index (χ4v) is 4.76. The minimum absolute atomic E-state index is 0.417. The summed E-state index contributed by atoms with van der Waals surface area (Å²) >= 11 is 5.57. The van der Waals surface area contributed by atoms with E-state index >= 15 is 0 Å². The Hall–Kier alpha value is -3.77. The van der Waals surface area contributed by atoms with Crippen LogP contribution in [0.4, 0.5) is 0 Å². The zero-order chi connectivity index (χ0) is 24.9. The van der Waals surface area contributed by atoms with Crippen LogP contribution in [0.15, 0.2) is 79.0 Å². The SMILES string of the molecule is COc1ccc(COc2ccc(-n3ccc(=S)c4c3CCC4)cc2OCc2ccc(OC)cc2)cc1. The van der Waals surface area contributed by atoms with Crippen LogP contribution < -0.4 is 18.9 Å². The summed E-state index contributed by atoms with van der Waals surface area (Å²) in [5.74, 6) is 3.03. The molecule has 0 saturated heterocycles. The number of hydrogen-bond acceptors (Lipinski definition) is 5. The monoisotopic (exact) mass is 499 g/mol. The lowest BCUT2D eigenvalue weighted by molar-refractivity contribution is 0.255. The minimum atomic E-state index is 0.417. The third kappa shape index (κ3) is 5.24. The van der Waals surface area contributed by atoms with Gasteiger partial charge in [-0.3, -0.25) is 0 Å². The van der Waals surface area contributed by atoms with Crippen molar-refractivity contribution in [2.45, 2.75) is 32.5 Å². The predicted molar refractivity (Wildman–Crippen MR) is 143 cm³/mol. The fourth-order valence-electron chi connectivity index (χ4n) is 4.48. The van der Waals surface area contributed by atoms with E-state index in [1.165, 1.54) is 11.3 Å². The Morgan fingerprint density at radius 2 is 1.33 bits per heavy atom. The Balaban J connectivity index is 1.43. The zero-order valence-corrected chi connectivity index (χ0v) is 21.3. The van der Waals surface area contributed by atoms with E-state index in [9.17, 15) is 0 Å². The van der Waals surface area contributed by atoms with Crippen LogP contribution in [0, 0.1) is 4.51 Å². The van der Waals surface area contributed by atoms with Gasteiger partial charge in [0.15, 0.2) is 11.5 Å². The Morgan fingerprint density at radius 1 is 0.722 bits per heavy atom. The van der Waals surface area contributed by atoms with Crippen molar-refractivity contribution in [3.8, 4) is 28.7 Å². The predicted octanol–water partition coefficient (Wildman–Crippen LogP) is 6.87. The molecule has 0 saturated carbocycles. The minimum Gasteiger partial charge on any atom is -0.497 e. The molecule has 0 bridgehead atoms. The van der Waals surface area contributed by atoms with E-state index in [4.69, 9.17) is 31.2 Å². The molecule has 0 radical (unpaired) electrons. The lowest BCUT2D eigenvalue weighted by atomic mass is 10.2. The number of fused-ring (bicyclic) bond motifs is 1. The van der Waals surface area contributed by atoms with Gasteiger partial charge in [-0.05, 0) is 78.4 Å². The van der Waals surface area contributed by atoms with Gasteiger partial charge in [-0.2, -0.15) is 0 Å². The van der Waals surface area contributed by atoms with Crippen molar-refractivity contribution in [1.82, 2.24) is 4.57 Å². The molecule has 1 aromatic heterocycles. The van der Waals surface area contributed by atoms with Crippen LogP contribution >= 0.6 is 12.2 Å². The largest absolute Gasteiger partial charge is 0.497 e. The van der Waals surface area contributed by atoms with Crippen molar-refractivity contribution < 1.29 is 18.9 Å². The van der Waals surface area contributed by atoms with Gasteiger partial charge in [0.05, 0.1) is 14.2 Å². The van der Waals surface area contributed by atoms with E-state index in [2.05, 4.69) is 22.9 Å². The number of rotatable bonds is 9. The number of hydrogen-bond donors (Lipinski definition) is 0. The van der Waals surface area contributed by atoms with Gasteiger partial charge in [0.2, 0.25) is 0 Å². The molecule has 1 aliphatic carbocycles. The summed E-state index contributed by atoms with van der Waals surface area (Å²) in [7, 11) is 3.32. The van der Waals surface area contributed by atoms with E-state index in [1.54, 1.807) is 14.2 Å². The summed E-state index contributed by atoms with van der Waals surface area (Å²) in [4.78, 5) is 0. The fraction of sp³-hybridized carbons (Fsp3) is 0.233. The maximum Gasteiger partial charge on any atom is 0.163 e. The lowest BCUT2D eigenvalue weighted by Gasteiger charge is -2.18. The highest BCUT2D eigenvalue weighted by atomic mass is 32.1. The molecule has 0 aliphatic heterocycles. The summed E-state index contributed by atoms with van der Waals surface area (Å²) in [5.41, 5.74) is 5.70. The quantitative estimate of drug-likeness (QED) is 0.235. The molecule has 5 nitrogen and oxygen atoms in total. The Labute approximate surface area is 216 Å². The molecule has 0 spiro atoms. The van der Waals surface area contributed by atoms with Gasteiger partial charge in [0, 0.05) is 28.2 Å². The van der Waals surface area contributed by atoms with Crippen LogP contribution in [0.25, 0.3) is 5.69 Å². The van der Waals surface area contributed by atoms with E-state index in [0.717, 1.165) is 52.1 Å². The first-order valence-electron chi connectivity index (χ1n) is 12.0. The summed E-state index contributed by atoms with van der Waals surface area (Å²) in [6, 6.07) is 23.9. The molecule has 1 aliphatic rings. The van der Waals surface area contributed by atoms with Crippen molar-refractivity contribution in [3.63, 3.8) is 0 Å². The van der Waals surface area contributed by atoms with Crippen molar-refractivity contribution >= 4 is 12.2 Å². The van der Waals surface area contributed by atoms with Gasteiger partial charge in [0.1, 0.15) is 24.7 Å². The van der Waals surface area contributed by atoms with Gasteiger partial charge in [-0.25, -0.2) is 0 Å². The van der Waals surface area contributed by atoms with Crippen molar-refractivity contribution in [1.29, 1.82) is 0 Å². The van der Waals surface area contributed by atoms with Crippen LogP contribution in [0.5, 0.6) is 23.0 Å². The maximum absolute atomic E-state index is 6.31. The number of ether oxygens (including phenoxy) is 4. The molecule has 1 heterocycles. The highest BCUT2D eigenvalue weighted by molar-refractivity contribution is 7.71. The standard InChI is InChI=1S/C30H29NO4S/c1-32-24-11-6-21(7-12-24)19-34-28-15-10-23(31-17-16-30(36)26-4-3-5-27(26)31)18-29(28)35-20-22-8-13-25(33-2)14-9-22/h6-18H,3-5,19-20H2,1-2H3. The first-order valence-corrected chi connectivity index (χ1v) is 12.4. The Kier molecular flexibility index (Phi) is 7.23. The number of methoxy groups -OCH3 is 2. The molecule has 184 valence electrons. The van der Waals surface area contributed by atoms with Gasteiger partial charge in [-0.15, -0.1) is 0 Å². The third-order valence-corrected chi connectivity index (χ3v) is 6.85. The van der Waals surface area contributed by atoms with Gasteiger partial charge in [0.25, 0.3) is 0 Å². The molecule has 6 heteroatoms. The Morgan fingerprint density at radius 3 is 1.94 bits per heavy atom. The number of aromatic nitrogens is 1. The van der Waals surface area contributed by atoms with Crippen LogP contribution in [0.2, 0.25) is 0 Å². The molecule has 0 N–H and O–H groups in total. The van der Waals surface area contributed by atoms with E-state index in [0.29, 0.717) is 24.7 Å². The summed E-state index contributed by atoms with van der Waals surface area (Å²) in [5, 5.41) is 0. The zero-order valence-electron chi connectivity index (χ0n) is 20.5. The first-order chi connectivity index (χ1) is 17.6. The molecular weight excluding hydrogens is 470 g/mol. The highest BCUT2D eigenvalue weighted by Crippen LogP contribution is 2.34. The summed E-state index contributed by atoms with van der Waals surface area (Å²) < 4.78 is 26.2. The summed E-state index contributed by atoms with van der Waals surface area (Å²) in [6.45, 7) is 0.843. The molecule has 36 heavy (non-hydrogen) atoms. The maximum atomic E-state index is 6.31. The lowest BCUT2D eigenvalue weighted by Crippen LogP contribution is -2.05. The Bertz CT molecular complexity index is 1390. The molecule has 3 aromatic carbocycles. The van der Waals surface area contributed by atoms with Gasteiger partial charge in [-0.1, -0.05) is 36.5 Å². The number of nitrogens with zero attached hydrogens (tertiary/aromatic N) is 1. The van der Waals surface area contributed by atoms with Crippen LogP contribution in [0.1, 0.15) is 28.8 Å². The second-order valence-electron chi connectivity index (χ2n) is 8.73. The van der Waals surface area contributed by atoms with Crippen LogP contribution in [-0.2, 0) is 26.1 Å². The summed E-state index contributed by atoms with van der Waals surface area (Å²) in [6.07, 6.45) is 5.26. The van der Waals surface area contributed by atoms with E-state index in [1.807, 2.05) is 60.7 Å². The van der Waals surface area contributed by atoms with Gasteiger partial charge < -0.3 is 23.5 Å². The smallest absolute Gasteiger partial charge is 0.163 e. The molecule has 4 aromatic rings. The van der Waals surface area contributed by atoms with Crippen molar-refractivity contribution in [2.24, 2.45) is 0 Å². The van der Waals surface area contributed by atoms with E-state index < -0.39 is 0 Å². The van der Waals surface area contributed by atoms with Gasteiger partial charge >= 0.3 is 0 Å². The van der Waals surface area contributed by atoms with E-state index in [-0.39, 0.29) is 0 Å². The first kappa shape index (κ1) is 23.9. The normalized spacial score (nSPS) is 12.2. The molecule has 5 rings (SSSR count). The topological polar surface area (TPSA) is 41.9 Å². The molecule has 0 atom stereocenters. The molecular formula is C30H29NO4S.